The van der Waals surface area contributed by atoms with Crippen LogP contribution in [0, 0.1) is 0 Å². The summed E-state index contributed by atoms with van der Waals surface area (Å²) in [7, 11) is 0. The van der Waals surface area contributed by atoms with E-state index in [4.69, 9.17) is 20.9 Å². The third-order valence-electron chi connectivity index (χ3n) is 3.77. The van der Waals surface area contributed by atoms with Crippen molar-refractivity contribution in [2.75, 3.05) is 19.7 Å². The molecule has 1 atom stereocenters. The molecular weight excluding hydrogens is 320 g/mol. The van der Waals surface area contributed by atoms with Gasteiger partial charge in [-0.25, -0.2) is 0 Å². The highest BCUT2D eigenvalue weighted by Crippen LogP contribution is 2.13. The van der Waals surface area contributed by atoms with E-state index in [-0.39, 0.29) is 12.0 Å². The second-order valence-electron chi connectivity index (χ2n) is 5.53. The Labute approximate surface area is 139 Å². The first kappa shape index (κ1) is 16.0. The summed E-state index contributed by atoms with van der Waals surface area (Å²) in [5.41, 5.74) is 0. The molecule has 0 spiro atoms. The van der Waals surface area contributed by atoms with Gasteiger partial charge < -0.3 is 14.2 Å². The number of amides is 1. The minimum absolute atomic E-state index is 0.0407. The molecule has 3 rings (SSSR count). The van der Waals surface area contributed by atoms with Crippen molar-refractivity contribution >= 4 is 17.5 Å². The molecule has 0 bridgehead atoms. The number of hydrogen-bond acceptors (Lipinski definition) is 5. The zero-order valence-electron chi connectivity index (χ0n) is 12.7. The van der Waals surface area contributed by atoms with Gasteiger partial charge in [0.25, 0.3) is 0 Å². The first-order valence-electron chi connectivity index (χ1n) is 7.68. The van der Waals surface area contributed by atoms with Crippen molar-refractivity contribution in [2.45, 2.75) is 31.9 Å². The highest BCUT2D eigenvalue weighted by Gasteiger charge is 2.23. The highest BCUT2D eigenvalue weighted by molar-refractivity contribution is 6.29. The molecule has 0 N–H and O–H groups in total. The Hall–Kier alpha value is -1.86. The molecule has 0 aliphatic carbocycles. The number of carbonyl (C=O) groups excluding carboxylic acids is 1. The molecule has 0 unspecified atom stereocenters. The van der Waals surface area contributed by atoms with E-state index in [1.165, 1.54) is 0 Å². The number of carbonyl (C=O) groups is 1. The maximum atomic E-state index is 12.4. The van der Waals surface area contributed by atoms with Crippen molar-refractivity contribution in [1.29, 1.82) is 0 Å². The summed E-state index contributed by atoms with van der Waals surface area (Å²) >= 11 is 5.71. The molecule has 2 aromatic heterocycles. The van der Waals surface area contributed by atoms with Gasteiger partial charge in [-0.1, -0.05) is 16.8 Å². The smallest absolute Gasteiger partial charge is 0.223 e. The molecule has 0 saturated carbocycles. The topological polar surface area (TPSA) is 73.4 Å². The molecule has 7 nitrogen and oxygen atoms in total. The number of ether oxygens (including phenoxy) is 1. The van der Waals surface area contributed by atoms with Gasteiger partial charge in [0.1, 0.15) is 5.76 Å². The van der Waals surface area contributed by atoms with Gasteiger partial charge in [0.15, 0.2) is 5.15 Å². The minimum Gasteiger partial charge on any atom is -0.374 e. The fourth-order valence-electron chi connectivity index (χ4n) is 2.64. The predicted octanol–water partition coefficient (Wildman–Crippen LogP) is 1.77. The van der Waals surface area contributed by atoms with E-state index in [0.717, 1.165) is 6.42 Å². The van der Waals surface area contributed by atoms with E-state index in [9.17, 15) is 4.79 Å². The number of hydrogen-bond donors (Lipinski definition) is 0. The third kappa shape index (κ3) is 4.56. The maximum absolute atomic E-state index is 12.4. The van der Waals surface area contributed by atoms with E-state index in [0.29, 0.717) is 50.0 Å². The summed E-state index contributed by atoms with van der Waals surface area (Å²) in [5.74, 6) is 0.719. The molecule has 0 aromatic carbocycles. The zero-order chi connectivity index (χ0) is 16.1. The van der Waals surface area contributed by atoms with Crippen molar-refractivity contribution in [3.8, 4) is 0 Å². The van der Waals surface area contributed by atoms with Crippen LogP contribution in [-0.2, 0) is 22.5 Å². The molecule has 3 heterocycles. The minimum atomic E-state index is -0.0407. The van der Waals surface area contributed by atoms with Crippen LogP contribution in [-0.4, -0.2) is 51.5 Å². The standard InChI is InChI=1S/C15H19ClN4O3/c16-14-9-12(23-18-14)3-4-15(21)19-6-2-8-22-13(10-19)11-20-7-1-5-17-20/h1,5,7,9,13H,2-4,6,8,10-11H2/t13-/m0/s1. The summed E-state index contributed by atoms with van der Waals surface area (Å²) in [6, 6.07) is 3.52. The van der Waals surface area contributed by atoms with Crippen LogP contribution in [0.2, 0.25) is 5.15 Å². The Kier molecular flexibility index (Phi) is 5.30. The quantitative estimate of drug-likeness (QED) is 0.830. The Morgan fingerprint density at radius 3 is 3.13 bits per heavy atom. The summed E-state index contributed by atoms with van der Waals surface area (Å²) < 4.78 is 12.7. The van der Waals surface area contributed by atoms with Gasteiger partial charge in [0, 0.05) is 51.0 Å². The van der Waals surface area contributed by atoms with E-state index in [2.05, 4.69) is 10.3 Å². The van der Waals surface area contributed by atoms with Crippen molar-refractivity contribution in [2.24, 2.45) is 0 Å². The molecule has 2 aromatic rings. The highest BCUT2D eigenvalue weighted by atomic mass is 35.5. The Morgan fingerprint density at radius 1 is 1.48 bits per heavy atom. The van der Waals surface area contributed by atoms with Crippen molar-refractivity contribution < 1.29 is 14.1 Å². The largest absolute Gasteiger partial charge is 0.374 e. The second-order valence-corrected chi connectivity index (χ2v) is 5.92. The van der Waals surface area contributed by atoms with Gasteiger partial charge in [-0.3, -0.25) is 9.48 Å². The summed E-state index contributed by atoms with van der Waals surface area (Å²) in [4.78, 5) is 14.3. The Balaban J connectivity index is 1.53. The van der Waals surface area contributed by atoms with Crippen molar-refractivity contribution in [1.82, 2.24) is 19.8 Å². The molecular formula is C15H19ClN4O3. The van der Waals surface area contributed by atoms with Gasteiger partial charge >= 0.3 is 0 Å². The lowest BCUT2D eigenvalue weighted by atomic mass is 10.2. The lowest BCUT2D eigenvalue weighted by Crippen LogP contribution is -2.38. The number of rotatable bonds is 5. The first-order chi connectivity index (χ1) is 11.2. The molecule has 1 saturated heterocycles. The van der Waals surface area contributed by atoms with Gasteiger partial charge in [-0.15, -0.1) is 0 Å². The number of aryl methyl sites for hydroxylation is 1. The van der Waals surface area contributed by atoms with Crippen molar-refractivity contribution in [3.63, 3.8) is 0 Å². The van der Waals surface area contributed by atoms with Gasteiger partial charge in [-0.05, 0) is 12.5 Å². The van der Waals surface area contributed by atoms with Crippen LogP contribution in [0.3, 0.4) is 0 Å². The molecule has 1 aliphatic heterocycles. The second kappa shape index (κ2) is 7.61. The zero-order valence-corrected chi connectivity index (χ0v) is 13.5. The summed E-state index contributed by atoms with van der Waals surface area (Å²) in [5, 5.41) is 8.12. The average Bonchev–Trinajstić information content (AvgIpc) is 3.13. The van der Waals surface area contributed by atoms with Gasteiger partial charge in [0.05, 0.1) is 12.6 Å². The van der Waals surface area contributed by atoms with Crippen LogP contribution >= 0.6 is 11.6 Å². The molecule has 1 aliphatic rings. The van der Waals surface area contributed by atoms with Crippen LogP contribution in [0.1, 0.15) is 18.6 Å². The maximum Gasteiger partial charge on any atom is 0.223 e. The fraction of sp³-hybridized carbons (Fsp3) is 0.533. The van der Waals surface area contributed by atoms with Crippen LogP contribution in [0.5, 0.6) is 0 Å². The molecule has 1 fully saturated rings. The lowest BCUT2D eigenvalue weighted by Gasteiger charge is -2.24. The average molecular weight is 339 g/mol. The Morgan fingerprint density at radius 2 is 2.39 bits per heavy atom. The van der Waals surface area contributed by atoms with E-state index in [1.807, 2.05) is 21.8 Å². The number of nitrogens with zero attached hydrogens (tertiary/aromatic N) is 4. The predicted molar refractivity (Wildman–Crippen MR) is 83.0 cm³/mol. The molecule has 23 heavy (non-hydrogen) atoms. The summed E-state index contributed by atoms with van der Waals surface area (Å²) in [6.07, 6.45) is 5.31. The van der Waals surface area contributed by atoms with Gasteiger partial charge in [0.2, 0.25) is 5.91 Å². The van der Waals surface area contributed by atoms with E-state index in [1.54, 1.807) is 12.3 Å². The van der Waals surface area contributed by atoms with Crippen molar-refractivity contribution in [3.05, 3.63) is 35.4 Å². The summed E-state index contributed by atoms with van der Waals surface area (Å²) in [6.45, 7) is 2.60. The molecule has 8 heteroatoms. The van der Waals surface area contributed by atoms with Crippen LogP contribution in [0.4, 0.5) is 0 Å². The Bertz CT molecular complexity index is 628. The molecule has 1 amide bonds. The van der Waals surface area contributed by atoms with E-state index >= 15 is 0 Å². The molecule has 124 valence electrons. The van der Waals surface area contributed by atoms with Crippen LogP contribution in [0.25, 0.3) is 0 Å². The monoisotopic (exact) mass is 338 g/mol. The van der Waals surface area contributed by atoms with Crippen LogP contribution < -0.4 is 0 Å². The van der Waals surface area contributed by atoms with Gasteiger partial charge in [-0.2, -0.15) is 5.10 Å². The van der Waals surface area contributed by atoms with E-state index < -0.39 is 0 Å². The first-order valence-corrected chi connectivity index (χ1v) is 8.06. The molecule has 0 radical (unpaired) electrons. The fourth-order valence-corrected chi connectivity index (χ4v) is 2.80. The number of aromatic nitrogens is 3. The lowest BCUT2D eigenvalue weighted by molar-refractivity contribution is -0.132. The normalized spacial score (nSPS) is 18.8. The third-order valence-corrected chi connectivity index (χ3v) is 3.95. The number of halogens is 1. The van der Waals surface area contributed by atoms with Crippen LogP contribution in [0.15, 0.2) is 29.0 Å². The SMILES string of the molecule is O=C(CCc1cc(Cl)no1)N1CCCO[C@H](Cn2cccn2)C1.